The van der Waals surface area contributed by atoms with E-state index < -0.39 is 5.60 Å². The van der Waals surface area contributed by atoms with E-state index in [-0.39, 0.29) is 24.6 Å². The van der Waals surface area contributed by atoms with Gasteiger partial charge in [0, 0.05) is 54.4 Å². The third-order valence-corrected chi connectivity index (χ3v) is 8.01. The third kappa shape index (κ3) is 7.45. The molecule has 2 aromatic carbocycles. The number of amides is 2. The summed E-state index contributed by atoms with van der Waals surface area (Å²) >= 11 is 0. The normalized spacial score (nSPS) is 15.2. The summed E-state index contributed by atoms with van der Waals surface area (Å²) in [5, 5.41) is 26.9. The lowest BCUT2D eigenvalue weighted by molar-refractivity contribution is 0.0897. The number of carbonyl (C=O) groups is 2. The molecule has 2 aromatic heterocycles. The highest BCUT2D eigenvalue weighted by Crippen LogP contribution is 2.32. The van der Waals surface area contributed by atoms with Gasteiger partial charge in [0.2, 0.25) is 0 Å². The van der Waals surface area contributed by atoms with Crippen molar-refractivity contribution in [3.05, 3.63) is 84.2 Å². The molecule has 1 fully saturated rings. The molecule has 10 heteroatoms. The Kier molecular flexibility index (Phi) is 9.33. The lowest BCUT2D eigenvalue weighted by Gasteiger charge is -2.32. The van der Waals surface area contributed by atoms with Crippen LogP contribution in [0.4, 0.5) is 22.0 Å². The van der Waals surface area contributed by atoms with Crippen molar-refractivity contribution in [1.29, 1.82) is 0 Å². The van der Waals surface area contributed by atoms with Gasteiger partial charge in [0.05, 0.1) is 23.8 Å². The van der Waals surface area contributed by atoms with E-state index in [1.165, 1.54) is 5.56 Å². The topological polar surface area (TPSA) is 123 Å². The number of rotatable bonds is 9. The predicted octanol–water partition coefficient (Wildman–Crippen LogP) is 4.95. The molecular weight excluding hydrogens is 556 g/mol. The number of fused-ring (bicyclic) bond motifs is 1. The van der Waals surface area contributed by atoms with Crippen molar-refractivity contribution >= 4 is 40.0 Å². The summed E-state index contributed by atoms with van der Waals surface area (Å²) in [5.41, 5.74) is 3.09. The average Bonchev–Trinajstić information content (AvgIpc) is 3.43. The second-order valence-electron chi connectivity index (χ2n) is 12.3. The molecule has 10 nitrogen and oxygen atoms in total. The fraction of sp³-hybridized carbons (Fsp3) is 0.382. The first-order valence-corrected chi connectivity index (χ1v) is 15.1. The molecule has 0 bridgehead atoms. The maximum atomic E-state index is 13.2. The molecule has 5 rings (SSSR count). The van der Waals surface area contributed by atoms with E-state index in [0.29, 0.717) is 23.8 Å². The van der Waals surface area contributed by atoms with Crippen molar-refractivity contribution in [2.24, 2.45) is 0 Å². The van der Waals surface area contributed by atoms with Crippen LogP contribution in [0.1, 0.15) is 55.5 Å². The van der Waals surface area contributed by atoms with E-state index in [9.17, 15) is 19.8 Å². The Bertz CT molecular complexity index is 1600. The number of likely N-dealkylation sites (tertiary alicyclic amines) is 1. The quantitative estimate of drug-likeness (QED) is 0.215. The van der Waals surface area contributed by atoms with Gasteiger partial charge in [-0.3, -0.25) is 9.36 Å². The molecule has 1 aliphatic heterocycles. The molecule has 4 aromatic rings. The van der Waals surface area contributed by atoms with Crippen LogP contribution in [0.2, 0.25) is 0 Å². The van der Waals surface area contributed by atoms with E-state index in [1.54, 1.807) is 43.9 Å². The van der Waals surface area contributed by atoms with Crippen LogP contribution < -0.4 is 15.5 Å². The number of aliphatic hydroxyl groups excluding tert-OH is 1. The minimum absolute atomic E-state index is 0.223. The SMILES string of the molecule is CNC(=O)n1ccc2cc(N(CC(C)(C)O)c3ccnc(NC(=O)c4ccc(C5CCN(CC(C)O)CC5)cc4)c3)ccc21. The largest absolute Gasteiger partial charge is 0.392 e. The number of aliphatic hydroxyl groups is 2. The van der Waals surface area contributed by atoms with Crippen LogP contribution in [0.25, 0.3) is 10.9 Å². The number of piperidine rings is 1. The van der Waals surface area contributed by atoms with Crippen molar-refractivity contribution < 1.29 is 19.8 Å². The van der Waals surface area contributed by atoms with Gasteiger partial charge in [-0.2, -0.15) is 0 Å². The number of pyridine rings is 1. The zero-order chi connectivity index (χ0) is 31.4. The van der Waals surface area contributed by atoms with Gasteiger partial charge >= 0.3 is 6.03 Å². The Morgan fingerprint density at radius 1 is 1.05 bits per heavy atom. The van der Waals surface area contributed by atoms with E-state index in [2.05, 4.69) is 20.5 Å². The monoisotopic (exact) mass is 598 g/mol. The molecule has 1 aliphatic rings. The first kappa shape index (κ1) is 31.2. The zero-order valence-electron chi connectivity index (χ0n) is 25.8. The Labute approximate surface area is 258 Å². The summed E-state index contributed by atoms with van der Waals surface area (Å²) in [5.74, 6) is 0.590. The van der Waals surface area contributed by atoms with Crippen LogP contribution in [0, 0.1) is 0 Å². The van der Waals surface area contributed by atoms with E-state index in [4.69, 9.17) is 0 Å². The minimum atomic E-state index is -1.02. The van der Waals surface area contributed by atoms with Crippen LogP contribution in [0.3, 0.4) is 0 Å². The third-order valence-electron chi connectivity index (χ3n) is 8.01. The molecule has 0 spiro atoms. The maximum absolute atomic E-state index is 13.2. The molecule has 2 amide bonds. The minimum Gasteiger partial charge on any atom is -0.392 e. The van der Waals surface area contributed by atoms with E-state index >= 15 is 0 Å². The number of aromatic nitrogens is 2. The van der Waals surface area contributed by atoms with Crippen LogP contribution in [0.5, 0.6) is 0 Å². The number of carbonyl (C=O) groups excluding carboxylic acids is 2. The van der Waals surface area contributed by atoms with Crippen LogP contribution in [0.15, 0.2) is 73.1 Å². The lowest BCUT2D eigenvalue weighted by atomic mass is 9.89. The molecular formula is C34H42N6O4. The summed E-state index contributed by atoms with van der Waals surface area (Å²) in [6, 6.07) is 18.8. The molecule has 0 aliphatic carbocycles. The molecule has 0 radical (unpaired) electrons. The van der Waals surface area contributed by atoms with Gasteiger partial charge in [-0.15, -0.1) is 0 Å². The average molecular weight is 599 g/mol. The fourth-order valence-electron chi connectivity index (χ4n) is 5.89. The predicted molar refractivity (Wildman–Crippen MR) is 174 cm³/mol. The molecule has 1 saturated heterocycles. The Morgan fingerprint density at radius 3 is 2.41 bits per heavy atom. The Hall–Kier alpha value is -4.25. The second-order valence-corrected chi connectivity index (χ2v) is 12.3. The van der Waals surface area contributed by atoms with Crippen molar-refractivity contribution in [2.75, 3.05) is 43.4 Å². The number of hydrogen-bond donors (Lipinski definition) is 4. The van der Waals surface area contributed by atoms with Gasteiger partial charge in [-0.05, 0) is 101 Å². The Morgan fingerprint density at radius 2 is 1.75 bits per heavy atom. The first-order chi connectivity index (χ1) is 21.0. The van der Waals surface area contributed by atoms with E-state index in [1.807, 2.05) is 66.4 Å². The number of hydrogen-bond acceptors (Lipinski definition) is 7. The van der Waals surface area contributed by atoms with E-state index in [0.717, 1.165) is 48.2 Å². The van der Waals surface area contributed by atoms with Crippen LogP contribution >= 0.6 is 0 Å². The summed E-state index contributed by atoms with van der Waals surface area (Å²) in [4.78, 5) is 34.1. The highest BCUT2D eigenvalue weighted by atomic mass is 16.3. The number of nitrogens with one attached hydrogen (secondary N) is 2. The smallest absolute Gasteiger partial charge is 0.325 e. The summed E-state index contributed by atoms with van der Waals surface area (Å²) in [6.45, 7) is 8.22. The van der Waals surface area contributed by atoms with Gasteiger partial charge in [0.1, 0.15) is 5.82 Å². The molecule has 3 heterocycles. The van der Waals surface area contributed by atoms with Gasteiger partial charge in [0.15, 0.2) is 0 Å². The van der Waals surface area contributed by atoms with Gasteiger partial charge in [0.25, 0.3) is 5.91 Å². The molecule has 44 heavy (non-hydrogen) atoms. The summed E-state index contributed by atoms with van der Waals surface area (Å²) in [7, 11) is 1.59. The van der Waals surface area contributed by atoms with Crippen molar-refractivity contribution in [3.63, 3.8) is 0 Å². The number of nitrogens with zero attached hydrogens (tertiary/aromatic N) is 4. The standard InChI is InChI=1S/C34H42N6O4/c1-23(41)21-38-16-12-25(13-17-38)24-5-7-26(8-6-24)32(42)37-31-20-29(11-15-36-31)40(22-34(2,3)44)28-9-10-30-27(19-28)14-18-39(30)33(43)35-4/h5-11,14-15,18-20,23,25,41,44H,12-13,16-17,21-22H2,1-4H3,(H,35,43)(H,36,37,42). The number of β-amino-alcohol motifs (C(OH)–C–C–N with tert-alkyl or cyclic N) is 1. The lowest BCUT2D eigenvalue weighted by Crippen LogP contribution is -2.37. The van der Waals surface area contributed by atoms with Crippen molar-refractivity contribution in [1.82, 2.24) is 19.8 Å². The molecule has 4 N–H and O–H groups in total. The summed E-state index contributed by atoms with van der Waals surface area (Å²) in [6.07, 6.45) is 5.10. The zero-order valence-corrected chi connectivity index (χ0v) is 25.8. The van der Waals surface area contributed by atoms with Gasteiger partial charge in [-0.25, -0.2) is 9.78 Å². The fourth-order valence-corrected chi connectivity index (χ4v) is 5.89. The second kappa shape index (κ2) is 13.2. The van der Waals surface area contributed by atoms with Gasteiger partial charge in [-0.1, -0.05) is 12.1 Å². The van der Waals surface area contributed by atoms with Crippen LogP contribution in [-0.4, -0.2) is 81.5 Å². The molecule has 0 saturated carbocycles. The molecule has 1 unspecified atom stereocenters. The highest BCUT2D eigenvalue weighted by molar-refractivity contribution is 6.04. The number of benzene rings is 2. The molecule has 1 atom stereocenters. The number of anilines is 3. The molecule has 232 valence electrons. The maximum Gasteiger partial charge on any atom is 0.325 e. The van der Waals surface area contributed by atoms with Crippen molar-refractivity contribution in [3.8, 4) is 0 Å². The van der Waals surface area contributed by atoms with Crippen LogP contribution in [-0.2, 0) is 0 Å². The van der Waals surface area contributed by atoms with Crippen molar-refractivity contribution in [2.45, 2.75) is 51.2 Å². The van der Waals surface area contributed by atoms with Gasteiger partial charge < -0.3 is 30.6 Å². The highest BCUT2D eigenvalue weighted by Gasteiger charge is 2.23. The Balaban J connectivity index is 1.31. The first-order valence-electron chi connectivity index (χ1n) is 15.1. The summed E-state index contributed by atoms with van der Waals surface area (Å²) < 4.78 is 1.55.